The molecule has 0 aliphatic rings. The fourth-order valence-corrected chi connectivity index (χ4v) is 3.96. The molecule has 0 bridgehead atoms. The van der Waals surface area contributed by atoms with Crippen LogP contribution in [0.3, 0.4) is 0 Å². The number of hydrogen-bond acceptors (Lipinski definition) is 4. The zero-order valence-corrected chi connectivity index (χ0v) is 12.9. The molecule has 1 atom stereocenters. The summed E-state index contributed by atoms with van der Waals surface area (Å²) in [5.74, 6) is 0. The number of rotatable bonds is 4. The van der Waals surface area contributed by atoms with Gasteiger partial charge in [0.1, 0.15) is 0 Å². The van der Waals surface area contributed by atoms with Gasteiger partial charge >= 0.3 is 0 Å². The van der Waals surface area contributed by atoms with Crippen LogP contribution in [0.25, 0.3) is 11.3 Å². The summed E-state index contributed by atoms with van der Waals surface area (Å²) in [6.45, 7) is 0. The lowest BCUT2D eigenvalue weighted by Gasteiger charge is -2.06. The minimum absolute atomic E-state index is 0.498. The number of benzene rings is 1. The van der Waals surface area contributed by atoms with Crippen LogP contribution in [0.2, 0.25) is 5.02 Å². The van der Waals surface area contributed by atoms with Gasteiger partial charge in [-0.15, -0.1) is 22.7 Å². The standard InChI is InChI=1S/C15H12ClNOS2/c16-11-6-7-19-15(11)13(18)8-14-17-12(9-20-14)10-4-2-1-3-5-10/h1-7,9,13,18H,8H2. The van der Waals surface area contributed by atoms with Gasteiger partial charge in [0, 0.05) is 17.4 Å². The average Bonchev–Trinajstić information content (AvgIpc) is 3.09. The zero-order valence-electron chi connectivity index (χ0n) is 10.5. The van der Waals surface area contributed by atoms with E-state index in [1.807, 2.05) is 47.2 Å². The summed E-state index contributed by atoms with van der Waals surface area (Å²) in [4.78, 5) is 5.39. The van der Waals surface area contributed by atoms with E-state index in [1.165, 1.54) is 11.3 Å². The van der Waals surface area contributed by atoms with E-state index >= 15 is 0 Å². The SMILES string of the molecule is OC(Cc1nc(-c2ccccc2)cs1)c1sccc1Cl. The summed E-state index contributed by atoms with van der Waals surface area (Å²) in [5, 5.41) is 15.7. The van der Waals surface area contributed by atoms with Gasteiger partial charge in [-0.2, -0.15) is 0 Å². The number of nitrogens with zero attached hydrogens (tertiary/aromatic N) is 1. The number of halogens is 1. The van der Waals surface area contributed by atoms with Gasteiger partial charge in [0.25, 0.3) is 0 Å². The van der Waals surface area contributed by atoms with Crippen molar-refractivity contribution in [2.24, 2.45) is 0 Å². The summed E-state index contributed by atoms with van der Waals surface area (Å²) < 4.78 is 0. The van der Waals surface area contributed by atoms with Crippen molar-refractivity contribution in [1.29, 1.82) is 0 Å². The topological polar surface area (TPSA) is 33.1 Å². The van der Waals surface area contributed by atoms with Crippen LogP contribution < -0.4 is 0 Å². The van der Waals surface area contributed by atoms with Gasteiger partial charge < -0.3 is 5.11 Å². The second-order valence-electron chi connectivity index (χ2n) is 4.35. The van der Waals surface area contributed by atoms with Crippen LogP contribution in [0.4, 0.5) is 0 Å². The number of hydrogen-bond donors (Lipinski definition) is 1. The van der Waals surface area contributed by atoms with E-state index in [0.29, 0.717) is 11.4 Å². The molecule has 0 aliphatic carbocycles. The molecular weight excluding hydrogens is 310 g/mol. The first kappa shape index (κ1) is 13.8. The van der Waals surface area contributed by atoms with Crippen molar-refractivity contribution in [1.82, 2.24) is 4.98 Å². The second-order valence-corrected chi connectivity index (χ2v) is 6.64. The van der Waals surface area contributed by atoms with Gasteiger partial charge in [0.2, 0.25) is 0 Å². The van der Waals surface area contributed by atoms with Gasteiger partial charge in [0.15, 0.2) is 0 Å². The maximum atomic E-state index is 10.2. The molecule has 0 radical (unpaired) electrons. The highest BCUT2D eigenvalue weighted by molar-refractivity contribution is 7.11. The monoisotopic (exact) mass is 321 g/mol. The summed E-state index contributed by atoms with van der Waals surface area (Å²) in [6, 6.07) is 11.8. The Bertz CT molecular complexity index is 693. The Labute approximate surface area is 130 Å². The molecule has 1 N–H and O–H groups in total. The number of thiazole rings is 1. The summed E-state index contributed by atoms with van der Waals surface area (Å²) in [5.41, 5.74) is 2.05. The summed E-state index contributed by atoms with van der Waals surface area (Å²) in [6.07, 6.45) is -0.0881. The minimum atomic E-state index is -0.586. The van der Waals surface area contributed by atoms with Gasteiger partial charge in [-0.3, -0.25) is 0 Å². The molecule has 1 unspecified atom stereocenters. The Morgan fingerprint density at radius 1 is 1.15 bits per heavy atom. The molecule has 102 valence electrons. The molecule has 20 heavy (non-hydrogen) atoms. The summed E-state index contributed by atoms with van der Waals surface area (Å²) >= 11 is 9.08. The molecule has 3 rings (SSSR count). The van der Waals surface area contributed by atoms with E-state index in [9.17, 15) is 5.11 Å². The maximum absolute atomic E-state index is 10.2. The van der Waals surface area contributed by atoms with E-state index in [2.05, 4.69) is 4.98 Å². The predicted molar refractivity (Wildman–Crippen MR) is 85.5 cm³/mol. The van der Waals surface area contributed by atoms with E-state index in [0.717, 1.165) is 21.1 Å². The largest absolute Gasteiger partial charge is 0.387 e. The van der Waals surface area contributed by atoms with Crippen molar-refractivity contribution >= 4 is 34.3 Å². The Balaban J connectivity index is 1.76. The third-order valence-electron chi connectivity index (χ3n) is 2.94. The molecule has 3 aromatic rings. The minimum Gasteiger partial charge on any atom is -0.387 e. The third-order valence-corrected chi connectivity index (χ3v) is 5.27. The van der Waals surface area contributed by atoms with Crippen molar-refractivity contribution in [3.05, 3.63) is 62.1 Å². The van der Waals surface area contributed by atoms with E-state index < -0.39 is 6.10 Å². The Morgan fingerprint density at radius 2 is 1.95 bits per heavy atom. The Morgan fingerprint density at radius 3 is 2.65 bits per heavy atom. The molecule has 0 fully saturated rings. The maximum Gasteiger partial charge on any atom is 0.0962 e. The van der Waals surface area contributed by atoms with Gasteiger partial charge in [-0.1, -0.05) is 41.9 Å². The fraction of sp³-hybridized carbons (Fsp3) is 0.133. The number of aromatic nitrogens is 1. The lowest BCUT2D eigenvalue weighted by Crippen LogP contribution is -1.99. The highest BCUT2D eigenvalue weighted by atomic mass is 35.5. The van der Waals surface area contributed by atoms with Crippen molar-refractivity contribution in [3.63, 3.8) is 0 Å². The van der Waals surface area contributed by atoms with Crippen LogP contribution in [-0.2, 0) is 6.42 Å². The molecule has 0 spiro atoms. The number of aliphatic hydroxyl groups is 1. The van der Waals surface area contributed by atoms with E-state index in [-0.39, 0.29) is 0 Å². The van der Waals surface area contributed by atoms with Crippen molar-refractivity contribution in [3.8, 4) is 11.3 Å². The van der Waals surface area contributed by atoms with Crippen molar-refractivity contribution in [2.45, 2.75) is 12.5 Å². The zero-order chi connectivity index (χ0) is 13.9. The molecule has 5 heteroatoms. The second kappa shape index (κ2) is 6.06. The van der Waals surface area contributed by atoms with Crippen molar-refractivity contribution in [2.75, 3.05) is 0 Å². The molecular formula is C15H12ClNOS2. The fourth-order valence-electron chi connectivity index (χ4n) is 1.95. The molecule has 0 saturated carbocycles. The number of thiophene rings is 1. The molecule has 1 aromatic carbocycles. The highest BCUT2D eigenvalue weighted by Crippen LogP contribution is 2.32. The van der Waals surface area contributed by atoms with Crippen LogP contribution >= 0.6 is 34.3 Å². The lowest BCUT2D eigenvalue weighted by atomic mass is 10.2. The first-order chi connectivity index (χ1) is 9.74. The van der Waals surface area contributed by atoms with Crippen molar-refractivity contribution < 1.29 is 5.11 Å². The molecule has 2 heterocycles. The van der Waals surface area contributed by atoms with Crippen LogP contribution in [-0.4, -0.2) is 10.1 Å². The van der Waals surface area contributed by atoms with Gasteiger partial charge in [-0.05, 0) is 11.4 Å². The predicted octanol–water partition coefficient (Wildman–Crippen LogP) is 4.80. The van der Waals surface area contributed by atoms with Gasteiger partial charge in [-0.25, -0.2) is 4.98 Å². The first-order valence-electron chi connectivity index (χ1n) is 6.15. The quantitative estimate of drug-likeness (QED) is 0.748. The molecule has 0 saturated heterocycles. The van der Waals surface area contributed by atoms with E-state index in [1.54, 1.807) is 11.3 Å². The molecule has 0 amide bonds. The van der Waals surface area contributed by atoms with Crippen LogP contribution in [0.1, 0.15) is 16.0 Å². The normalized spacial score (nSPS) is 12.5. The lowest BCUT2D eigenvalue weighted by molar-refractivity contribution is 0.182. The van der Waals surface area contributed by atoms with Crippen LogP contribution in [0.5, 0.6) is 0 Å². The number of aliphatic hydroxyl groups excluding tert-OH is 1. The molecule has 0 aliphatic heterocycles. The Kier molecular flexibility index (Phi) is 4.17. The average molecular weight is 322 g/mol. The Hall–Kier alpha value is -1.20. The van der Waals surface area contributed by atoms with E-state index in [4.69, 9.17) is 11.6 Å². The molecule has 2 nitrogen and oxygen atoms in total. The van der Waals surface area contributed by atoms with Crippen LogP contribution in [0, 0.1) is 0 Å². The van der Waals surface area contributed by atoms with Crippen LogP contribution in [0.15, 0.2) is 47.2 Å². The highest BCUT2D eigenvalue weighted by Gasteiger charge is 2.16. The molecule has 2 aromatic heterocycles. The summed E-state index contributed by atoms with van der Waals surface area (Å²) in [7, 11) is 0. The van der Waals surface area contributed by atoms with Gasteiger partial charge in [0.05, 0.1) is 26.7 Å². The smallest absolute Gasteiger partial charge is 0.0962 e. The first-order valence-corrected chi connectivity index (χ1v) is 8.28. The third kappa shape index (κ3) is 2.94.